The summed E-state index contributed by atoms with van der Waals surface area (Å²) < 4.78 is -0.203. The van der Waals surface area contributed by atoms with Crippen LogP contribution in [-0.4, -0.2) is 42.0 Å². The van der Waals surface area contributed by atoms with E-state index < -0.39 is 0 Å². The van der Waals surface area contributed by atoms with E-state index in [4.69, 9.17) is 30.1 Å². The van der Waals surface area contributed by atoms with Crippen LogP contribution in [0.3, 0.4) is 0 Å². The second-order valence-electron chi connectivity index (χ2n) is 5.56. The number of hydrogen-bond acceptors (Lipinski definition) is 6. The van der Waals surface area contributed by atoms with Gasteiger partial charge in [-0.15, -0.1) is 0 Å². The maximum absolute atomic E-state index is 5.42. The van der Waals surface area contributed by atoms with Gasteiger partial charge in [0.15, 0.2) is 5.75 Å². The largest absolute Gasteiger partial charge is 0.800 e. The molecular weight excluding hydrogens is 535 g/mol. The number of nitrogens with zero attached hydrogens (tertiary/aromatic N) is 3. The van der Waals surface area contributed by atoms with Gasteiger partial charge in [-0.25, -0.2) is 4.71 Å². The number of anilines is 1. The first-order valence-corrected chi connectivity index (χ1v) is 8.83. The third-order valence-corrected chi connectivity index (χ3v) is 4.57. The van der Waals surface area contributed by atoms with Crippen LogP contribution in [0.5, 0.6) is 5.75 Å². The molecule has 0 atom stereocenters. The van der Waals surface area contributed by atoms with Gasteiger partial charge in [0.1, 0.15) is 0 Å². The molecule has 0 unspecified atom stereocenters. The predicted octanol–water partition coefficient (Wildman–Crippen LogP) is 2.60. The fourth-order valence-corrected chi connectivity index (χ4v) is 3.02. The zero-order valence-corrected chi connectivity index (χ0v) is 17.3. The fraction of sp³-hybridized carbons (Fsp3) is 0.278. The first-order valence-electron chi connectivity index (χ1n) is 7.88. The van der Waals surface area contributed by atoms with Crippen molar-refractivity contribution >= 4 is 37.2 Å². The Labute approximate surface area is 175 Å². The normalized spacial score (nSPS) is 15.4. The minimum atomic E-state index is -0.203. The van der Waals surface area contributed by atoms with Gasteiger partial charge in [-0.05, 0) is 29.8 Å². The van der Waals surface area contributed by atoms with Crippen LogP contribution >= 0.6 is 0 Å². The molecule has 1 saturated heterocycles. The minimum Gasteiger partial charge on any atom is -0.800 e. The third-order valence-electron chi connectivity index (χ3n) is 3.97. The molecule has 0 spiro atoms. The topological polar surface area (TPSA) is 28.1 Å². The molecule has 0 aliphatic carbocycles. The molecule has 0 bridgehead atoms. The van der Waals surface area contributed by atoms with Crippen LogP contribution in [0.4, 0.5) is 5.69 Å². The Morgan fingerprint density at radius 1 is 0.920 bits per heavy atom. The van der Waals surface area contributed by atoms with Crippen molar-refractivity contribution in [3.63, 3.8) is 0 Å². The van der Waals surface area contributed by atoms with E-state index in [1.165, 1.54) is 5.69 Å². The summed E-state index contributed by atoms with van der Waals surface area (Å²) in [4.78, 5) is 9.90. The van der Waals surface area contributed by atoms with Gasteiger partial charge >= 0.3 is 0 Å². The summed E-state index contributed by atoms with van der Waals surface area (Å²) in [6.45, 7) is 3.71. The second-order valence-corrected chi connectivity index (χ2v) is 6.75. The van der Waals surface area contributed by atoms with Crippen LogP contribution in [0.2, 0.25) is 0 Å². The first kappa shape index (κ1) is 20.4. The van der Waals surface area contributed by atoms with Crippen LogP contribution in [0.15, 0.2) is 59.8 Å². The molecule has 0 amide bonds. The molecule has 3 rings (SSSR count). The van der Waals surface area contributed by atoms with E-state index in [0.29, 0.717) is 0 Å². The Bertz CT molecular complexity index is 660. The molecule has 2 aromatic carbocycles. The zero-order chi connectivity index (χ0) is 16.8. The smallest absolute Gasteiger partial charge is 0.158 e. The van der Waals surface area contributed by atoms with Gasteiger partial charge in [0.05, 0.1) is 6.21 Å². The average Bonchev–Trinajstić information content (AvgIpc) is 2.63. The molecule has 25 heavy (non-hydrogen) atoms. The number of hydrogen-bond donors (Lipinski definition) is 0. The zero-order valence-electron chi connectivity index (χ0n) is 13.5. The molecule has 0 N–H and O–H groups in total. The minimum absolute atomic E-state index is 0. The van der Waals surface area contributed by atoms with Gasteiger partial charge in [-0.3, -0.25) is 0 Å². The van der Waals surface area contributed by atoms with Crippen LogP contribution in [0.1, 0.15) is 5.56 Å². The van der Waals surface area contributed by atoms with Gasteiger partial charge < -0.3 is 39.9 Å². The second kappa shape index (κ2) is 10.3. The van der Waals surface area contributed by atoms with Gasteiger partial charge in [0.2, 0.25) is 0 Å². The maximum atomic E-state index is 5.42. The van der Waals surface area contributed by atoms with Crippen molar-refractivity contribution in [2.24, 2.45) is 5.16 Å². The molecular formula is C18H19AuN3OS2-2. The van der Waals surface area contributed by atoms with Crippen molar-refractivity contribution in [2.45, 2.75) is 4.71 Å². The molecule has 1 aliphatic heterocycles. The quantitative estimate of drug-likeness (QED) is 0.245. The van der Waals surface area contributed by atoms with E-state index in [2.05, 4.69) is 27.1 Å². The van der Waals surface area contributed by atoms with Crippen LogP contribution in [0, 0.1) is 0 Å². The van der Waals surface area contributed by atoms with E-state index in [9.17, 15) is 0 Å². The number of piperazine rings is 1. The van der Waals surface area contributed by atoms with Crippen molar-refractivity contribution in [1.82, 2.24) is 4.90 Å². The summed E-state index contributed by atoms with van der Waals surface area (Å²) in [5.74, 6) is 0.723. The van der Waals surface area contributed by atoms with Crippen molar-refractivity contribution in [1.29, 1.82) is 0 Å². The Morgan fingerprint density at radius 2 is 1.56 bits per heavy atom. The Balaban J connectivity index is 0.00000225. The fourth-order valence-electron chi connectivity index (χ4n) is 2.60. The summed E-state index contributed by atoms with van der Waals surface area (Å²) in [5.41, 5.74) is 2.19. The molecule has 1 heterocycles. The van der Waals surface area contributed by atoms with Crippen LogP contribution in [-0.2, 0) is 47.6 Å². The summed E-state index contributed by atoms with van der Waals surface area (Å²) in [5, 5.41) is 4.01. The molecule has 1 aliphatic rings. The van der Waals surface area contributed by atoms with Gasteiger partial charge in [-0.2, -0.15) is 0 Å². The molecule has 4 nitrogen and oxygen atoms in total. The summed E-state index contributed by atoms with van der Waals surface area (Å²) in [7, 11) is 0. The van der Waals surface area contributed by atoms with Crippen LogP contribution in [0.25, 0.3) is 0 Å². The first-order chi connectivity index (χ1) is 11.7. The summed E-state index contributed by atoms with van der Waals surface area (Å²) in [6, 6.07) is 17.9. The standard InChI is InChI=1S/C18H21N3OS2.Au/c23-18(24)21-12-10-20(11-13-21)16-6-8-17(9-7-16)22-19-14-15-4-2-1-3-5-15;/h1-9,14,18,23-24H,10-13H2;/p-2/b19-14+;. The Morgan fingerprint density at radius 3 is 2.16 bits per heavy atom. The summed E-state index contributed by atoms with van der Waals surface area (Å²) >= 11 is 10.3. The monoisotopic (exact) mass is 554 g/mol. The molecule has 1 radical (unpaired) electrons. The predicted molar refractivity (Wildman–Crippen MR) is 103 cm³/mol. The molecule has 137 valence electrons. The number of benzene rings is 2. The molecule has 1 fully saturated rings. The van der Waals surface area contributed by atoms with E-state index in [1.807, 2.05) is 42.5 Å². The number of rotatable bonds is 5. The molecule has 2 aromatic rings. The number of oxime groups is 1. The van der Waals surface area contributed by atoms with Crippen LogP contribution < -0.4 is 9.74 Å². The maximum Gasteiger partial charge on any atom is 0.158 e. The molecule has 7 heteroatoms. The van der Waals surface area contributed by atoms with Gasteiger partial charge in [-0.1, -0.05) is 35.5 Å². The Kier molecular flexibility index (Phi) is 8.42. The van der Waals surface area contributed by atoms with E-state index in [-0.39, 0.29) is 27.1 Å². The van der Waals surface area contributed by atoms with E-state index in [1.54, 1.807) is 6.21 Å². The van der Waals surface area contributed by atoms with Gasteiger partial charge in [0.25, 0.3) is 0 Å². The molecule has 0 aromatic heterocycles. The summed E-state index contributed by atoms with van der Waals surface area (Å²) in [6.07, 6.45) is 1.70. The Hall–Kier alpha value is -0.890. The van der Waals surface area contributed by atoms with E-state index in [0.717, 1.165) is 37.5 Å². The SMILES string of the molecule is [Au].[S-]C([S-])N1CCN(c2ccc(O/N=C/c3ccccc3)cc2)CC1. The molecule has 0 saturated carbocycles. The third kappa shape index (κ3) is 6.09. The van der Waals surface area contributed by atoms with Gasteiger partial charge in [0, 0.05) is 54.2 Å². The van der Waals surface area contributed by atoms with Crippen molar-refractivity contribution in [3.8, 4) is 5.75 Å². The van der Waals surface area contributed by atoms with E-state index >= 15 is 0 Å². The average molecular weight is 554 g/mol. The van der Waals surface area contributed by atoms with Crippen molar-refractivity contribution in [3.05, 3.63) is 60.2 Å². The van der Waals surface area contributed by atoms with Crippen molar-refractivity contribution in [2.75, 3.05) is 31.1 Å². The van der Waals surface area contributed by atoms with Crippen molar-refractivity contribution < 1.29 is 27.2 Å².